The van der Waals surface area contributed by atoms with Crippen molar-refractivity contribution in [2.45, 2.75) is 63.8 Å². The smallest absolute Gasteiger partial charge is 0.0120 e. The van der Waals surface area contributed by atoms with Gasteiger partial charge in [-0.25, -0.2) is 0 Å². The molecule has 3 rings (SSSR count). The number of nitrogens with two attached hydrogens (primary N) is 1. The Labute approximate surface area is 124 Å². The van der Waals surface area contributed by atoms with Gasteiger partial charge in [0.25, 0.3) is 0 Å². The Morgan fingerprint density at radius 3 is 2.15 bits per heavy atom. The molecule has 2 N–H and O–H groups in total. The molecule has 1 saturated carbocycles. The van der Waals surface area contributed by atoms with Crippen molar-refractivity contribution < 1.29 is 0 Å². The van der Waals surface area contributed by atoms with E-state index in [0.29, 0.717) is 5.41 Å². The highest BCUT2D eigenvalue weighted by Crippen LogP contribution is 2.43. The van der Waals surface area contributed by atoms with Crippen LogP contribution < -0.4 is 5.73 Å². The quantitative estimate of drug-likeness (QED) is 0.839. The van der Waals surface area contributed by atoms with Gasteiger partial charge in [-0.3, -0.25) is 0 Å². The fourth-order valence-electron chi connectivity index (χ4n) is 4.42. The van der Waals surface area contributed by atoms with Crippen LogP contribution in [0.15, 0.2) is 0 Å². The maximum atomic E-state index is 5.98. The van der Waals surface area contributed by atoms with Gasteiger partial charge in [0.05, 0.1) is 0 Å². The molecular weight excluding hydrogens is 246 g/mol. The molecule has 2 aliphatic heterocycles. The molecule has 0 spiro atoms. The maximum Gasteiger partial charge on any atom is 0.0120 e. The lowest BCUT2D eigenvalue weighted by Gasteiger charge is -2.44. The van der Waals surface area contributed by atoms with Crippen molar-refractivity contribution >= 4 is 0 Å². The largest absolute Gasteiger partial charge is 0.330 e. The van der Waals surface area contributed by atoms with E-state index < -0.39 is 0 Å². The number of likely N-dealkylation sites (tertiary alicyclic amines) is 2. The van der Waals surface area contributed by atoms with Gasteiger partial charge in [-0.15, -0.1) is 0 Å². The third kappa shape index (κ3) is 3.37. The summed E-state index contributed by atoms with van der Waals surface area (Å²) < 4.78 is 0. The lowest BCUT2D eigenvalue weighted by Crippen LogP contribution is -2.48. The summed E-state index contributed by atoms with van der Waals surface area (Å²) in [5.74, 6) is 0. The predicted molar refractivity (Wildman–Crippen MR) is 84.8 cm³/mol. The molecule has 2 heterocycles. The predicted octanol–water partition coefficient (Wildman–Crippen LogP) is 2.46. The van der Waals surface area contributed by atoms with Crippen LogP contribution in [0, 0.1) is 5.41 Å². The van der Waals surface area contributed by atoms with Crippen molar-refractivity contribution in [1.82, 2.24) is 9.80 Å². The monoisotopic (exact) mass is 279 g/mol. The summed E-state index contributed by atoms with van der Waals surface area (Å²) in [7, 11) is 0. The summed E-state index contributed by atoms with van der Waals surface area (Å²) in [5.41, 5.74) is 6.51. The molecule has 0 unspecified atom stereocenters. The number of rotatable bonds is 5. The number of hydrogen-bond acceptors (Lipinski definition) is 3. The Bertz CT molecular complexity index is 281. The second-order valence-electron chi connectivity index (χ2n) is 7.48. The van der Waals surface area contributed by atoms with Gasteiger partial charge in [0.2, 0.25) is 0 Å². The van der Waals surface area contributed by atoms with E-state index in [0.717, 1.165) is 12.6 Å². The molecule has 3 nitrogen and oxygen atoms in total. The normalized spacial score (nSPS) is 29.2. The highest BCUT2D eigenvalue weighted by Gasteiger charge is 2.35. The van der Waals surface area contributed by atoms with Gasteiger partial charge >= 0.3 is 0 Å². The first-order chi connectivity index (χ1) is 9.81. The van der Waals surface area contributed by atoms with Crippen LogP contribution in [0.3, 0.4) is 0 Å². The molecule has 1 aliphatic carbocycles. The lowest BCUT2D eigenvalue weighted by molar-refractivity contribution is 0.0681. The average molecular weight is 279 g/mol. The summed E-state index contributed by atoms with van der Waals surface area (Å²) in [5, 5.41) is 0. The number of hydrogen-bond donors (Lipinski definition) is 1. The molecule has 116 valence electrons. The Morgan fingerprint density at radius 2 is 1.60 bits per heavy atom. The first-order valence-electron chi connectivity index (χ1n) is 8.98. The summed E-state index contributed by atoms with van der Waals surface area (Å²) in [6.45, 7) is 7.58. The summed E-state index contributed by atoms with van der Waals surface area (Å²) in [6.07, 6.45) is 12.6. The van der Waals surface area contributed by atoms with Crippen LogP contribution in [0.1, 0.15) is 57.8 Å². The molecule has 0 aromatic rings. The second-order valence-corrected chi connectivity index (χ2v) is 7.48. The van der Waals surface area contributed by atoms with Crippen LogP contribution in [0.2, 0.25) is 0 Å². The fourth-order valence-corrected chi connectivity index (χ4v) is 4.42. The summed E-state index contributed by atoms with van der Waals surface area (Å²) in [4.78, 5) is 5.48. The SMILES string of the molecule is NCC1(CCN2CCC(N3CCCCC3)CC2)CCC1. The van der Waals surface area contributed by atoms with E-state index in [-0.39, 0.29) is 0 Å². The van der Waals surface area contributed by atoms with E-state index >= 15 is 0 Å². The maximum absolute atomic E-state index is 5.98. The first kappa shape index (κ1) is 14.8. The minimum Gasteiger partial charge on any atom is -0.330 e. The van der Waals surface area contributed by atoms with Crippen LogP contribution in [-0.2, 0) is 0 Å². The third-order valence-electron chi connectivity index (χ3n) is 6.27. The summed E-state index contributed by atoms with van der Waals surface area (Å²) >= 11 is 0. The van der Waals surface area contributed by atoms with Crippen molar-refractivity contribution in [3.8, 4) is 0 Å². The molecule has 3 aliphatic rings. The lowest BCUT2D eigenvalue weighted by atomic mass is 9.66. The van der Waals surface area contributed by atoms with Crippen LogP contribution >= 0.6 is 0 Å². The van der Waals surface area contributed by atoms with E-state index in [1.807, 2.05) is 0 Å². The summed E-state index contributed by atoms with van der Waals surface area (Å²) in [6, 6.07) is 0.888. The van der Waals surface area contributed by atoms with E-state index in [1.54, 1.807) is 0 Å². The number of piperidine rings is 2. The first-order valence-corrected chi connectivity index (χ1v) is 8.98. The molecule has 3 heteroatoms. The molecule has 0 bridgehead atoms. The Hall–Kier alpha value is -0.120. The van der Waals surface area contributed by atoms with Crippen molar-refractivity contribution in [3.63, 3.8) is 0 Å². The van der Waals surface area contributed by atoms with E-state index in [1.165, 1.54) is 90.5 Å². The Balaban J connectivity index is 1.37. The van der Waals surface area contributed by atoms with Gasteiger partial charge in [-0.1, -0.05) is 12.8 Å². The Morgan fingerprint density at radius 1 is 0.900 bits per heavy atom. The van der Waals surface area contributed by atoms with E-state index in [2.05, 4.69) is 9.80 Å². The highest BCUT2D eigenvalue weighted by atomic mass is 15.2. The minimum absolute atomic E-state index is 0.531. The molecule has 0 atom stereocenters. The van der Waals surface area contributed by atoms with E-state index in [9.17, 15) is 0 Å². The van der Waals surface area contributed by atoms with Crippen molar-refractivity contribution in [1.29, 1.82) is 0 Å². The van der Waals surface area contributed by atoms with Gasteiger partial charge in [0.1, 0.15) is 0 Å². The van der Waals surface area contributed by atoms with Crippen LogP contribution in [0.5, 0.6) is 0 Å². The zero-order valence-electron chi connectivity index (χ0n) is 13.2. The van der Waals surface area contributed by atoms with Crippen molar-refractivity contribution in [2.24, 2.45) is 11.1 Å². The van der Waals surface area contributed by atoms with Crippen LogP contribution in [0.4, 0.5) is 0 Å². The van der Waals surface area contributed by atoms with Gasteiger partial charge < -0.3 is 15.5 Å². The zero-order chi connectivity index (χ0) is 13.8. The van der Waals surface area contributed by atoms with Gasteiger partial charge in [-0.2, -0.15) is 0 Å². The van der Waals surface area contributed by atoms with E-state index in [4.69, 9.17) is 5.73 Å². The average Bonchev–Trinajstić information content (AvgIpc) is 2.48. The fraction of sp³-hybridized carbons (Fsp3) is 1.00. The molecule has 0 aromatic heterocycles. The van der Waals surface area contributed by atoms with Gasteiger partial charge in [0.15, 0.2) is 0 Å². The molecule has 0 aromatic carbocycles. The molecule has 0 amide bonds. The number of nitrogens with zero attached hydrogens (tertiary/aromatic N) is 2. The molecule has 0 radical (unpaired) electrons. The minimum atomic E-state index is 0.531. The van der Waals surface area contributed by atoms with Gasteiger partial charge in [0, 0.05) is 6.04 Å². The van der Waals surface area contributed by atoms with Crippen LogP contribution in [0.25, 0.3) is 0 Å². The molecular formula is C17H33N3. The topological polar surface area (TPSA) is 32.5 Å². The van der Waals surface area contributed by atoms with Gasteiger partial charge in [-0.05, 0) is 89.6 Å². The Kier molecular flexibility index (Phi) is 5.00. The van der Waals surface area contributed by atoms with Crippen LogP contribution in [-0.4, -0.2) is 55.1 Å². The standard InChI is InChI=1S/C17H33N3/c18-15-17(7-4-8-17)9-14-19-12-5-16(6-13-19)20-10-2-1-3-11-20/h16H,1-15,18H2. The third-order valence-corrected chi connectivity index (χ3v) is 6.27. The second kappa shape index (κ2) is 6.76. The zero-order valence-corrected chi connectivity index (χ0v) is 13.2. The van der Waals surface area contributed by atoms with Crippen molar-refractivity contribution in [3.05, 3.63) is 0 Å². The molecule has 2 saturated heterocycles. The highest BCUT2D eigenvalue weighted by molar-refractivity contribution is 4.90. The molecule has 3 fully saturated rings. The van der Waals surface area contributed by atoms with Crippen molar-refractivity contribution in [2.75, 3.05) is 39.3 Å². The molecule has 20 heavy (non-hydrogen) atoms.